The summed E-state index contributed by atoms with van der Waals surface area (Å²) in [6.45, 7) is 3.68. The molecule has 2 rings (SSSR count). The average molecular weight is 294 g/mol. The van der Waals surface area contributed by atoms with Crippen LogP contribution in [-0.2, 0) is 9.53 Å². The van der Waals surface area contributed by atoms with Crippen LogP contribution in [0.15, 0.2) is 24.3 Å². The van der Waals surface area contributed by atoms with Gasteiger partial charge < -0.3 is 10.5 Å². The van der Waals surface area contributed by atoms with Crippen molar-refractivity contribution in [2.75, 3.05) is 13.2 Å². The number of halogens is 1. The Morgan fingerprint density at radius 1 is 1.38 bits per heavy atom. The van der Waals surface area contributed by atoms with E-state index in [-0.39, 0.29) is 11.9 Å². The molecule has 4 nitrogen and oxygen atoms in total. The van der Waals surface area contributed by atoms with Gasteiger partial charge in [-0.3, -0.25) is 10.1 Å². The molecule has 0 saturated carbocycles. The summed E-state index contributed by atoms with van der Waals surface area (Å²) in [5.41, 5.74) is 6.17. The molecule has 116 valence electrons. The van der Waals surface area contributed by atoms with Crippen LogP contribution in [0.5, 0.6) is 0 Å². The second-order valence-electron chi connectivity index (χ2n) is 5.75. The summed E-state index contributed by atoms with van der Waals surface area (Å²) >= 11 is 0. The third kappa shape index (κ3) is 4.79. The van der Waals surface area contributed by atoms with Gasteiger partial charge in [0.05, 0.1) is 0 Å². The Labute approximate surface area is 124 Å². The van der Waals surface area contributed by atoms with Crippen LogP contribution < -0.4 is 11.1 Å². The molecule has 0 spiro atoms. The first-order valence-corrected chi connectivity index (χ1v) is 7.45. The fraction of sp³-hybridized carbons (Fsp3) is 0.562. The molecule has 0 aliphatic carbocycles. The van der Waals surface area contributed by atoms with Gasteiger partial charge in [0.25, 0.3) is 0 Å². The highest BCUT2D eigenvalue weighted by molar-refractivity contribution is 5.81. The molecule has 1 aliphatic heterocycles. The molecule has 1 aliphatic rings. The second kappa shape index (κ2) is 7.52. The lowest BCUT2D eigenvalue weighted by Gasteiger charge is -2.27. The highest BCUT2D eigenvalue weighted by atomic mass is 19.1. The first-order chi connectivity index (χ1) is 10.1. The molecule has 1 aromatic carbocycles. The summed E-state index contributed by atoms with van der Waals surface area (Å²) < 4.78 is 18.3. The number of ether oxygens (including phenoxy) is 1. The van der Waals surface area contributed by atoms with Gasteiger partial charge in [0, 0.05) is 19.3 Å². The largest absolute Gasteiger partial charge is 0.381 e. The van der Waals surface area contributed by atoms with Crippen LogP contribution in [0.3, 0.4) is 0 Å². The van der Waals surface area contributed by atoms with Crippen LogP contribution in [0, 0.1) is 11.7 Å². The summed E-state index contributed by atoms with van der Waals surface area (Å²) in [5, 5.41) is 3.26. The minimum atomic E-state index is -0.583. The predicted molar refractivity (Wildman–Crippen MR) is 79.1 cm³/mol. The first kappa shape index (κ1) is 15.9. The fourth-order valence-electron chi connectivity index (χ4n) is 2.83. The Morgan fingerprint density at radius 3 is 2.57 bits per heavy atom. The zero-order valence-electron chi connectivity index (χ0n) is 12.3. The van der Waals surface area contributed by atoms with Gasteiger partial charge in [-0.1, -0.05) is 12.1 Å². The smallest absolute Gasteiger partial charge is 0.239 e. The molecular formula is C16H23FN2O2. The summed E-state index contributed by atoms with van der Waals surface area (Å²) in [4.78, 5) is 11.7. The third-order valence-corrected chi connectivity index (χ3v) is 3.97. The van der Waals surface area contributed by atoms with E-state index in [2.05, 4.69) is 12.2 Å². The highest BCUT2D eigenvalue weighted by Gasteiger charge is 2.22. The maximum absolute atomic E-state index is 13.0. The second-order valence-corrected chi connectivity index (χ2v) is 5.75. The number of amides is 1. The quantitative estimate of drug-likeness (QED) is 0.845. The Balaban J connectivity index is 1.95. The van der Waals surface area contributed by atoms with Gasteiger partial charge in [0.15, 0.2) is 0 Å². The van der Waals surface area contributed by atoms with E-state index >= 15 is 0 Å². The van der Waals surface area contributed by atoms with Crippen LogP contribution in [0.4, 0.5) is 4.39 Å². The molecule has 0 radical (unpaired) electrons. The van der Waals surface area contributed by atoms with E-state index in [1.807, 2.05) is 0 Å². The summed E-state index contributed by atoms with van der Waals surface area (Å²) in [6, 6.07) is 5.46. The van der Waals surface area contributed by atoms with Crippen LogP contribution in [-0.4, -0.2) is 25.2 Å². The van der Waals surface area contributed by atoms with Gasteiger partial charge in [-0.15, -0.1) is 0 Å². The highest BCUT2D eigenvalue weighted by Crippen LogP contribution is 2.22. The number of rotatable bonds is 6. The minimum absolute atomic E-state index is 0.163. The molecule has 1 aromatic rings. The number of nitrogens with one attached hydrogen (secondary N) is 1. The van der Waals surface area contributed by atoms with Crippen molar-refractivity contribution < 1.29 is 13.9 Å². The molecule has 1 heterocycles. The third-order valence-electron chi connectivity index (χ3n) is 3.97. The normalized spacial score (nSPS) is 19.1. The fourth-order valence-corrected chi connectivity index (χ4v) is 2.83. The molecule has 1 saturated heterocycles. The Kier molecular flexibility index (Phi) is 5.70. The Morgan fingerprint density at radius 2 is 2.00 bits per heavy atom. The van der Waals surface area contributed by atoms with E-state index in [1.54, 1.807) is 12.1 Å². The Hall–Kier alpha value is -1.46. The SMILES string of the molecule is C[C@H](CC1CCOCC1)N[C@@H](C(N)=O)c1ccc(F)cc1. The van der Waals surface area contributed by atoms with E-state index in [1.165, 1.54) is 12.1 Å². The molecule has 21 heavy (non-hydrogen) atoms. The average Bonchev–Trinajstić information content (AvgIpc) is 2.47. The van der Waals surface area contributed by atoms with Crippen molar-refractivity contribution in [2.45, 2.75) is 38.3 Å². The van der Waals surface area contributed by atoms with Crippen LogP contribution in [0.25, 0.3) is 0 Å². The zero-order valence-corrected chi connectivity index (χ0v) is 12.3. The molecule has 0 unspecified atom stereocenters. The molecule has 1 amide bonds. The zero-order chi connectivity index (χ0) is 15.2. The number of carbonyl (C=O) groups excluding carboxylic acids is 1. The van der Waals surface area contributed by atoms with Gasteiger partial charge in [-0.2, -0.15) is 0 Å². The minimum Gasteiger partial charge on any atom is -0.381 e. The van der Waals surface area contributed by atoms with Crippen molar-refractivity contribution in [3.63, 3.8) is 0 Å². The van der Waals surface area contributed by atoms with Gasteiger partial charge in [-0.05, 0) is 49.8 Å². The molecule has 1 fully saturated rings. The number of carbonyl (C=O) groups is 1. The van der Waals surface area contributed by atoms with E-state index in [4.69, 9.17) is 10.5 Å². The molecule has 2 atom stereocenters. The molecule has 0 aromatic heterocycles. The maximum Gasteiger partial charge on any atom is 0.239 e. The van der Waals surface area contributed by atoms with Crippen LogP contribution in [0.1, 0.15) is 37.8 Å². The van der Waals surface area contributed by atoms with Crippen molar-refractivity contribution >= 4 is 5.91 Å². The van der Waals surface area contributed by atoms with Crippen molar-refractivity contribution in [2.24, 2.45) is 11.7 Å². The van der Waals surface area contributed by atoms with Crippen molar-refractivity contribution in [1.29, 1.82) is 0 Å². The number of hydrogen-bond acceptors (Lipinski definition) is 3. The van der Waals surface area contributed by atoms with E-state index < -0.39 is 11.9 Å². The monoisotopic (exact) mass is 294 g/mol. The number of nitrogens with two attached hydrogens (primary N) is 1. The van der Waals surface area contributed by atoms with Crippen LogP contribution >= 0.6 is 0 Å². The lowest BCUT2D eigenvalue weighted by molar-refractivity contribution is -0.120. The van der Waals surface area contributed by atoms with Gasteiger partial charge in [0.2, 0.25) is 5.91 Å². The predicted octanol–water partition coefficient (Wildman–Crippen LogP) is 2.15. The molecular weight excluding hydrogens is 271 g/mol. The number of primary amides is 1. The molecule has 3 N–H and O–H groups in total. The number of benzene rings is 1. The number of hydrogen-bond donors (Lipinski definition) is 2. The van der Waals surface area contributed by atoms with E-state index in [0.29, 0.717) is 11.5 Å². The van der Waals surface area contributed by atoms with Gasteiger partial charge >= 0.3 is 0 Å². The summed E-state index contributed by atoms with van der Waals surface area (Å²) in [5.74, 6) is -0.152. The van der Waals surface area contributed by atoms with E-state index in [0.717, 1.165) is 32.5 Å². The van der Waals surface area contributed by atoms with Crippen LogP contribution in [0.2, 0.25) is 0 Å². The van der Waals surface area contributed by atoms with Gasteiger partial charge in [0.1, 0.15) is 11.9 Å². The van der Waals surface area contributed by atoms with Crippen molar-refractivity contribution in [3.05, 3.63) is 35.6 Å². The lowest BCUT2D eigenvalue weighted by atomic mass is 9.92. The first-order valence-electron chi connectivity index (χ1n) is 7.45. The Bertz CT molecular complexity index is 458. The lowest BCUT2D eigenvalue weighted by Crippen LogP contribution is -2.40. The van der Waals surface area contributed by atoms with Crippen molar-refractivity contribution in [1.82, 2.24) is 5.32 Å². The summed E-state index contributed by atoms with van der Waals surface area (Å²) in [7, 11) is 0. The van der Waals surface area contributed by atoms with E-state index in [9.17, 15) is 9.18 Å². The maximum atomic E-state index is 13.0. The molecule has 5 heteroatoms. The topological polar surface area (TPSA) is 64.3 Å². The molecule has 0 bridgehead atoms. The summed E-state index contributed by atoms with van der Waals surface area (Å²) in [6.07, 6.45) is 3.10. The standard InChI is InChI=1S/C16H23FN2O2/c1-11(10-12-6-8-21-9-7-12)19-15(16(18)20)13-2-4-14(17)5-3-13/h2-5,11-12,15,19H,6-10H2,1H3,(H2,18,20)/t11-,15-/m1/s1. The van der Waals surface area contributed by atoms with Gasteiger partial charge in [-0.25, -0.2) is 4.39 Å². The van der Waals surface area contributed by atoms with Crippen molar-refractivity contribution in [3.8, 4) is 0 Å².